The second-order valence-corrected chi connectivity index (χ2v) is 3.75. The molecule has 2 rings (SSSR count). The largest absolute Gasteiger partial charge is 0.409 e. The van der Waals surface area contributed by atoms with Gasteiger partial charge in [-0.2, -0.15) is 5.10 Å². The third-order valence-corrected chi connectivity index (χ3v) is 2.61. The van der Waals surface area contributed by atoms with E-state index in [0.29, 0.717) is 6.42 Å². The number of aromatic nitrogens is 2. The number of aryl methyl sites for hydroxylation is 2. The Morgan fingerprint density at radius 3 is 3.12 bits per heavy atom. The SMILES string of the molecule is Cn1ncc2cc(CC/C(N)=N/O)ccc21. The van der Waals surface area contributed by atoms with Crippen molar-refractivity contribution >= 4 is 16.7 Å². The van der Waals surface area contributed by atoms with Crippen LogP contribution in [-0.2, 0) is 13.5 Å². The third-order valence-electron chi connectivity index (χ3n) is 2.61. The number of amidine groups is 1. The van der Waals surface area contributed by atoms with Crippen molar-refractivity contribution in [1.29, 1.82) is 0 Å². The fourth-order valence-electron chi connectivity index (χ4n) is 1.69. The van der Waals surface area contributed by atoms with Crippen molar-refractivity contribution in [3.8, 4) is 0 Å². The van der Waals surface area contributed by atoms with E-state index < -0.39 is 0 Å². The van der Waals surface area contributed by atoms with Crippen LogP contribution in [0.15, 0.2) is 29.6 Å². The highest BCUT2D eigenvalue weighted by Crippen LogP contribution is 2.15. The molecule has 0 amide bonds. The van der Waals surface area contributed by atoms with Crippen molar-refractivity contribution in [3.05, 3.63) is 30.0 Å². The van der Waals surface area contributed by atoms with Gasteiger partial charge in [0.15, 0.2) is 0 Å². The van der Waals surface area contributed by atoms with Crippen LogP contribution >= 0.6 is 0 Å². The van der Waals surface area contributed by atoms with E-state index in [9.17, 15) is 0 Å². The molecular weight excluding hydrogens is 204 g/mol. The summed E-state index contributed by atoms with van der Waals surface area (Å²) in [5.41, 5.74) is 7.68. The predicted octanol–water partition coefficient (Wildman–Crippen LogP) is 1.25. The lowest BCUT2D eigenvalue weighted by atomic mass is 10.1. The summed E-state index contributed by atoms with van der Waals surface area (Å²) in [5, 5.41) is 16.7. The first-order valence-corrected chi connectivity index (χ1v) is 5.08. The van der Waals surface area contributed by atoms with Crippen molar-refractivity contribution in [1.82, 2.24) is 9.78 Å². The van der Waals surface area contributed by atoms with Crippen molar-refractivity contribution in [2.45, 2.75) is 12.8 Å². The topological polar surface area (TPSA) is 76.4 Å². The number of hydrogen-bond donors (Lipinski definition) is 2. The Kier molecular flexibility index (Phi) is 2.76. The normalized spacial score (nSPS) is 12.2. The summed E-state index contributed by atoms with van der Waals surface area (Å²) < 4.78 is 1.84. The van der Waals surface area contributed by atoms with Gasteiger partial charge in [0.2, 0.25) is 0 Å². The highest BCUT2D eigenvalue weighted by molar-refractivity contribution is 5.81. The van der Waals surface area contributed by atoms with E-state index in [1.54, 1.807) is 0 Å². The molecular formula is C11H14N4O. The zero-order valence-electron chi connectivity index (χ0n) is 9.09. The van der Waals surface area contributed by atoms with Crippen LogP contribution in [0.2, 0.25) is 0 Å². The number of nitrogens with two attached hydrogens (primary N) is 1. The number of rotatable bonds is 3. The van der Waals surface area contributed by atoms with E-state index in [4.69, 9.17) is 10.9 Å². The Labute approximate surface area is 93.2 Å². The highest BCUT2D eigenvalue weighted by Gasteiger charge is 2.01. The molecule has 2 aromatic rings. The van der Waals surface area contributed by atoms with Crippen LogP contribution in [0.5, 0.6) is 0 Å². The standard InChI is InChI=1S/C11H14N4O/c1-15-10-4-2-8(3-5-11(12)14-16)6-9(10)7-13-15/h2,4,6-7,16H,3,5H2,1H3,(H2,12,14). The molecule has 0 radical (unpaired) electrons. The molecule has 0 atom stereocenters. The number of nitrogens with zero attached hydrogens (tertiary/aromatic N) is 3. The Morgan fingerprint density at radius 2 is 2.38 bits per heavy atom. The summed E-state index contributed by atoms with van der Waals surface area (Å²) in [6.07, 6.45) is 3.16. The van der Waals surface area contributed by atoms with Gasteiger partial charge >= 0.3 is 0 Å². The molecule has 0 aliphatic carbocycles. The molecule has 5 nitrogen and oxygen atoms in total. The smallest absolute Gasteiger partial charge is 0.139 e. The van der Waals surface area contributed by atoms with Gasteiger partial charge in [-0.15, -0.1) is 0 Å². The van der Waals surface area contributed by atoms with Crippen LogP contribution in [0, 0.1) is 0 Å². The Morgan fingerprint density at radius 1 is 1.56 bits per heavy atom. The minimum Gasteiger partial charge on any atom is -0.409 e. The Balaban J connectivity index is 2.20. The fraction of sp³-hybridized carbons (Fsp3) is 0.273. The van der Waals surface area contributed by atoms with Crippen molar-refractivity contribution in [2.24, 2.45) is 17.9 Å². The first kappa shape index (κ1) is 10.5. The van der Waals surface area contributed by atoms with Gasteiger partial charge in [-0.3, -0.25) is 4.68 Å². The first-order valence-electron chi connectivity index (χ1n) is 5.08. The van der Waals surface area contributed by atoms with Crippen LogP contribution in [0.3, 0.4) is 0 Å². The molecule has 0 spiro atoms. The first-order chi connectivity index (χ1) is 7.70. The van der Waals surface area contributed by atoms with Gasteiger partial charge in [-0.25, -0.2) is 0 Å². The summed E-state index contributed by atoms with van der Waals surface area (Å²) in [7, 11) is 1.92. The number of benzene rings is 1. The molecule has 0 saturated carbocycles. The van der Waals surface area contributed by atoms with E-state index in [1.165, 1.54) is 0 Å². The van der Waals surface area contributed by atoms with Gasteiger partial charge in [0, 0.05) is 18.9 Å². The molecule has 0 bridgehead atoms. The van der Waals surface area contributed by atoms with Gasteiger partial charge < -0.3 is 10.9 Å². The Hall–Kier alpha value is -2.04. The summed E-state index contributed by atoms with van der Waals surface area (Å²) in [4.78, 5) is 0. The molecule has 5 heteroatoms. The fourth-order valence-corrected chi connectivity index (χ4v) is 1.69. The monoisotopic (exact) mass is 218 g/mol. The van der Waals surface area contributed by atoms with Crippen molar-refractivity contribution in [3.63, 3.8) is 0 Å². The molecule has 3 N–H and O–H groups in total. The predicted molar refractivity (Wildman–Crippen MR) is 62.4 cm³/mol. The van der Waals surface area contributed by atoms with Gasteiger partial charge in [-0.1, -0.05) is 11.2 Å². The highest BCUT2D eigenvalue weighted by atomic mass is 16.4. The minimum atomic E-state index is 0.256. The molecule has 16 heavy (non-hydrogen) atoms. The lowest BCUT2D eigenvalue weighted by molar-refractivity contribution is 0.317. The molecule has 1 heterocycles. The van der Waals surface area contributed by atoms with Crippen LogP contribution < -0.4 is 5.73 Å². The maximum absolute atomic E-state index is 8.44. The van der Waals surface area contributed by atoms with Gasteiger partial charge in [0.25, 0.3) is 0 Å². The zero-order valence-corrected chi connectivity index (χ0v) is 9.09. The summed E-state index contributed by atoms with van der Waals surface area (Å²) >= 11 is 0. The molecule has 1 aromatic carbocycles. The average Bonchev–Trinajstić information content (AvgIpc) is 2.67. The summed E-state index contributed by atoms with van der Waals surface area (Å²) in [6.45, 7) is 0. The van der Waals surface area contributed by atoms with Crippen LogP contribution in [0.1, 0.15) is 12.0 Å². The molecule has 84 valence electrons. The lowest BCUT2D eigenvalue weighted by Crippen LogP contribution is -2.12. The van der Waals surface area contributed by atoms with E-state index in [0.717, 1.165) is 22.9 Å². The van der Waals surface area contributed by atoms with E-state index in [-0.39, 0.29) is 5.84 Å². The quantitative estimate of drug-likeness (QED) is 0.352. The maximum Gasteiger partial charge on any atom is 0.139 e. The summed E-state index contributed by atoms with van der Waals surface area (Å²) in [6, 6.07) is 6.14. The van der Waals surface area contributed by atoms with Crippen LogP contribution in [0.25, 0.3) is 10.9 Å². The zero-order chi connectivity index (χ0) is 11.5. The van der Waals surface area contributed by atoms with Crippen molar-refractivity contribution in [2.75, 3.05) is 0 Å². The van der Waals surface area contributed by atoms with E-state index in [1.807, 2.05) is 30.1 Å². The van der Waals surface area contributed by atoms with Crippen molar-refractivity contribution < 1.29 is 5.21 Å². The summed E-state index contributed by atoms with van der Waals surface area (Å²) in [5.74, 6) is 0.256. The molecule has 0 saturated heterocycles. The second kappa shape index (κ2) is 4.22. The maximum atomic E-state index is 8.44. The lowest BCUT2D eigenvalue weighted by Gasteiger charge is -2.01. The van der Waals surface area contributed by atoms with Crippen LogP contribution in [0.4, 0.5) is 0 Å². The minimum absolute atomic E-state index is 0.256. The number of fused-ring (bicyclic) bond motifs is 1. The molecule has 0 aliphatic rings. The van der Waals surface area contributed by atoms with E-state index >= 15 is 0 Å². The Bertz CT molecular complexity index is 530. The molecule has 0 aliphatic heterocycles. The van der Waals surface area contributed by atoms with E-state index in [2.05, 4.69) is 16.3 Å². The van der Waals surface area contributed by atoms with Gasteiger partial charge in [-0.05, 0) is 24.1 Å². The van der Waals surface area contributed by atoms with Gasteiger partial charge in [0.1, 0.15) is 5.84 Å². The second-order valence-electron chi connectivity index (χ2n) is 3.75. The average molecular weight is 218 g/mol. The number of hydrogen-bond acceptors (Lipinski definition) is 3. The molecule has 0 unspecified atom stereocenters. The third kappa shape index (κ3) is 1.98. The molecule has 0 fully saturated rings. The number of oxime groups is 1. The van der Waals surface area contributed by atoms with Gasteiger partial charge in [0.05, 0.1) is 11.7 Å². The molecule has 1 aromatic heterocycles. The van der Waals surface area contributed by atoms with Crippen LogP contribution in [-0.4, -0.2) is 20.8 Å².